The number of allylic oxidation sites excluding steroid dienone is 1. The number of benzene rings is 2. The van der Waals surface area contributed by atoms with Gasteiger partial charge >= 0.3 is 0 Å². The largest absolute Gasteiger partial charge is 0.326 e. The molecule has 0 fully saturated rings. The van der Waals surface area contributed by atoms with E-state index in [0.717, 1.165) is 16.8 Å². The maximum absolute atomic E-state index is 13.2. The Morgan fingerprint density at radius 2 is 1.89 bits per heavy atom. The lowest BCUT2D eigenvalue weighted by molar-refractivity contribution is -0.113. The monoisotopic (exact) mass is 380 g/mol. The molecular weight excluding hydrogens is 364 g/mol. The van der Waals surface area contributed by atoms with Gasteiger partial charge < -0.3 is 10.6 Å². The number of para-hydroxylation sites is 1. The number of nitrogens with one attached hydrogen (secondary N) is 2. The van der Waals surface area contributed by atoms with E-state index in [1.54, 1.807) is 16.8 Å². The number of carbonyl (C=O) groups excluding carboxylic acids is 1. The van der Waals surface area contributed by atoms with Gasteiger partial charge in [0.15, 0.2) is 0 Å². The Balaban J connectivity index is 1.77. The van der Waals surface area contributed by atoms with Gasteiger partial charge in [-0.1, -0.05) is 47.0 Å². The standard InChI is InChI=1S/C19H17ClN6O/c1-11-5-3-4-6-15(11)22-18(27)16-12(2)21-19-23-24-25-26(19)17(16)13-7-9-14(20)10-8-13/h3-10,17H,1-2H3,(H,22,27)(H,21,23,25)/t17-/m1/s1. The zero-order valence-corrected chi connectivity index (χ0v) is 15.5. The molecule has 2 N–H and O–H groups in total. The van der Waals surface area contributed by atoms with Crippen LogP contribution in [-0.4, -0.2) is 26.1 Å². The van der Waals surface area contributed by atoms with E-state index in [9.17, 15) is 4.79 Å². The fourth-order valence-electron chi connectivity index (χ4n) is 3.16. The van der Waals surface area contributed by atoms with Gasteiger partial charge in [-0.15, -0.1) is 0 Å². The lowest BCUT2D eigenvalue weighted by Gasteiger charge is -2.28. The Hall–Kier alpha value is -3.19. The highest BCUT2D eigenvalue weighted by Gasteiger charge is 2.34. The highest BCUT2D eigenvalue weighted by atomic mass is 35.5. The second-order valence-electron chi connectivity index (χ2n) is 6.33. The van der Waals surface area contributed by atoms with Crippen molar-refractivity contribution in [3.05, 3.63) is 76.0 Å². The molecule has 0 saturated carbocycles. The summed E-state index contributed by atoms with van der Waals surface area (Å²) in [6, 6.07) is 14.5. The zero-order chi connectivity index (χ0) is 19.0. The summed E-state index contributed by atoms with van der Waals surface area (Å²) in [7, 11) is 0. The molecule has 1 aliphatic rings. The van der Waals surface area contributed by atoms with Crippen molar-refractivity contribution in [3.63, 3.8) is 0 Å². The van der Waals surface area contributed by atoms with Crippen LogP contribution in [0.5, 0.6) is 0 Å². The Morgan fingerprint density at radius 3 is 2.63 bits per heavy atom. The molecule has 1 aromatic heterocycles. The van der Waals surface area contributed by atoms with Gasteiger partial charge in [-0.05, 0) is 53.6 Å². The third kappa shape index (κ3) is 3.17. The van der Waals surface area contributed by atoms with E-state index in [4.69, 9.17) is 11.6 Å². The van der Waals surface area contributed by atoms with Crippen LogP contribution in [0.4, 0.5) is 11.6 Å². The molecule has 7 nitrogen and oxygen atoms in total. The van der Waals surface area contributed by atoms with Gasteiger partial charge in [0.25, 0.3) is 5.91 Å². The van der Waals surface area contributed by atoms with Crippen molar-refractivity contribution in [2.75, 3.05) is 10.6 Å². The summed E-state index contributed by atoms with van der Waals surface area (Å²) >= 11 is 6.03. The minimum absolute atomic E-state index is 0.213. The van der Waals surface area contributed by atoms with Crippen LogP contribution >= 0.6 is 11.6 Å². The molecule has 136 valence electrons. The Morgan fingerprint density at radius 1 is 1.15 bits per heavy atom. The molecule has 0 spiro atoms. The number of nitrogens with zero attached hydrogens (tertiary/aromatic N) is 4. The van der Waals surface area contributed by atoms with Crippen LogP contribution in [0.15, 0.2) is 59.8 Å². The van der Waals surface area contributed by atoms with Crippen LogP contribution in [0, 0.1) is 6.92 Å². The van der Waals surface area contributed by atoms with Crippen LogP contribution in [-0.2, 0) is 4.79 Å². The summed E-state index contributed by atoms with van der Waals surface area (Å²) in [5, 5.41) is 18.5. The van der Waals surface area contributed by atoms with E-state index in [-0.39, 0.29) is 5.91 Å². The van der Waals surface area contributed by atoms with E-state index in [2.05, 4.69) is 26.2 Å². The van der Waals surface area contributed by atoms with E-state index >= 15 is 0 Å². The predicted molar refractivity (Wildman–Crippen MR) is 104 cm³/mol. The first-order valence-corrected chi connectivity index (χ1v) is 8.80. The topological polar surface area (TPSA) is 84.7 Å². The van der Waals surface area contributed by atoms with E-state index in [0.29, 0.717) is 22.2 Å². The third-order valence-corrected chi connectivity index (χ3v) is 4.79. The van der Waals surface area contributed by atoms with E-state index < -0.39 is 6.04 Å². The number of fused-ring (bicyclic) bond motifs is 1. The number of tetrazole rings is 1. The van der Waals surface area contributed by atoms with Crippen molar-refractivity contribution in [2.24, 2.45) is 0 Å². The number of halogens is 1. The lowest BCUT2D eigenvalue weighted by atomic mass is 9.95. The summed E-state index contributed by atoms with van der Waals surface area (Å²) in [4.78, 5) is 13.2. The summed E-state index contributed by atoms with van der Waals surface area (Å²) in [6.07, 6.45) is 0. The first kappa shape index (κ1) is 17.2. The highest BCUT2D eigenvalue weighted by molar-refractivity contribution is 6.30. The molecule has 1 amide bonds. The molecule has 0 aliphatic carbocycles. The number of hydrogen-bond acceptors (Lipinski definition) is 5. The lowest BCUT2D eigenvalue weighted by Crippen LogP contribution is -2.31. The number of anilines is 2. The average Bonchev–Trinajstić information content (AvgIpc) is 3.11. The molecule has 3 aromatic rings. The number of aromatic nitrogens is 4. The molecule has 0 unspecified atom stereocenters. The van der Waals surface area contributed by atoms with Gasteiger partial charge in [0.1, 0.15) is 6.04 Å². The number of carbonyl (C=O) groups is 1. The molecule has 0 saturated heterocycles. The molecule has 2 heterocycles. The predicted octanol–water partition coefficient (Wildman–Crippen LogP) is 3.56. The third-order valence-electron chi connectivity index (χ3n) is 4.54. The van der Waals surface area contributed by atoms with Crippen molar-refractivity contribution in [3.8, 4) is 0 Å². The van der Waals surface area contributed by atoms with Crippen molar-refractivity contribution < 1.29 is 4.79 Å². The van der Waals surface area contributed by atoms with Gasteiger partial charge in [-0.2, -0.15) is 4.68 Å². The fourth-order valence-corrected chi connectivity index (χ4v) is 3.29. The average molecular weight is 381 g/mol. The van der Waals surface area contributed by atoms with E-state index in [1.165, 1.54) is 0 Å². The minimum atomic E-state index is -0.461. The van der Waals surface area contributed by atoms with Gasteiger partial charge in [-0.3, -0.25) is 4.79 Å². The summed E-state index contributed by atoms with van der Waals surface area (Å²) in [5.41, 5.74) is 3.85. The molecule has 8 heteroatoms. The van der Waals surface area contributed by atoms with Crippen molar-refractivity contribution >= 4 is 29.1 Å². The smallest absolute Gasteiger partial charge is 0.255 e. The number of aryl methyl sites for hydroxylation is 1. The molecule has 4 rings (SSSR count). The minimum Gasteiger partial charge on any atom is -0.326 e. The maximum atomic E-state index is 13.2. The Labute approximate surface area is 161 Å². The molecule has 0 radical (unpaired) electrons. The van der Waals surface area contributed by atoms with Crippen LogP contribution in [0.3, 0.4) is 0 Å². The number of rotatable bonds is 3. The second kappa shape index (κ2) is 6.85. The van der Waals surface area contributed by atoms with Gasteiger partial charge in [0.05, 0.1) is 5.57 Å². The number of hydrogen-bond donors (Lipinski definition) is 2. The summed E-state index contributed by atoms with van der Waals surface area (Å²) in [5.74, 6) is 0.273. The maximum Gasteiger partial charge on any atom is 0.255 e. The second-order valence-corrected chi connectivity index (χ2v) is 6.77. The van der Waals surface area contributed by atoms with Crippen molar-refractivity contribution in [1.29, 1.82) is 0 Å². The van der Waals surface area contributed by atoms with Crippen LogP contribution in [0.1, 0.15) is 24.1 Å². The molecule has 27 heavy (non-hydrogen) atoms. The van der Waals surface area contributed by atoms with Gasteiger partial charge in [0.2, 0.25) is 5.95 Å². The summed E-state index contributed by atoms with van der Waals surface area (Å²) in [6.45, 7) is 3.79. The van der Waals surface area contributed by atoms with Crippen molar-refractivity contribution in [1.82, 2.24) is 20.2 Å². The highest BCUT2D eigenvalue weighted by Crippen LogP contribution is 2.35. The molecular formula is C19H17ClN6O. The fraction of sp³-hybridized carbons (Fsp3) is 0.158. The Kier molecular flexibility index (Phi) is 4.37. The molecule has 0 bridgehead atoms. The first-order chi connectivity index (χ1) is 13.0. The Bertz CT molecular complexity index is 1040. The van der Waals surface area contributed by atoms with Crippen LogP contribution < -0.4 is 10.6 Å². The molecule has 2 aromatic carbocycles. The van der Waals surface area contributed by atoms with Crippen LogP contribution in [0.25, 0.3) is 0 Å². The van der Waals surface area contributed by atoms with Crippen molar-refractivity contribution in [2.45, 2.75) is 19.9 Å². The number of amides is 1. The van der Waals surface area contributed by atoms with Gasteiger partial charge in [-0.25, -0.2) is 0 Å². The normalized spacial score (nSPS) is 15.9. The molecule has 1 atom stereocenters. The van der Waals surface area contributed by atoms with Gasteiger partial charge in [0, 0.05) is 16.4 Å². The first-order valence-electron chi connectivity index (χ1n) is 8.42. The summed E-state index contributed by atoms with van der Waals surface area (Å²) < 4.78 is 1.60. The zero-order valence-electron chi connectivity index (χ0n) is 14.8. The molecule has 1 aliphatic heterocycles. The van der Waals surface area contributed by atoms with E-state index in [1.807, 2.05) is 50.2 Å². The van der Waals surface area contributed by atoms with Crippen LogP contribution in [0.2, 0.25) is 5.02 Å². The quantitative estimate of drug-likeness (QED) is 0.725. The SMILES string of the molecule is CC1=C(C(=O)Nc2ccccc2C)[C@@H](c2ccc(Cl)cc2)n2nnnc2N1.